The zero-order chi connectivity index (χ0) is 34.1. The smallest absolute Gasteiger partial charge is 0.188 e. The van der Waals surface area contributed by atoms with Crippen LogP contribution in [0.2, 0.25) is 0 Å². The highest BCUT2D eigenvalue weighted by molar-refractivity contribution is 14.2. The minimum Gasteiger partial charge on any atom is -0.456 e. The number of hydrogen-bond donors (Lipinski definition) is 0. The van der Waals surface area contributed by atoms with Gasteiger partial charge in [-0.05, 0) is 103 Å². The lowest BCUT2D eigenvalue weighted by Gasteiger charge is -2.16. The van der Waals surface area contributed by atoms with Gasteiger partial charge in [0.1, 0.15) is 16.7 Å². The molecule has 0 aliphatic carbocycles. The standard InChI is InChI=1S/C43H32IN4OP/c1-24-19-25(2)40(26(3)20-24)29-15-18-36-33(22-29)30-9-5-7-11-35(30)48(36)37-17-14-27(21-34(37)41-45-42(44-4)47-43(50)46-41)28-13-16-32-31-10-6-8-12-38(31)49-39(32)23-28/h5-23H,4,50H2,1-3H3. The van der Waals surface area contributed by atoms with Gasteiger partial charge >= 0.3 is 0 Å². The monoisotopic (exact) mass is 778 g/mol. The van der Waals surface area contributed by atoms with Crippen LogP contribution < -0.4 is 5.57 Å². The first kappa shape index (κ1) is 31.0. The molecule has 1 unspecified atom stereocenters. The topological polar surface area (TPSA) is 56.7 Å². The molecule has 3 aromatic heterocycles. The van der Waals surface area contributed by atoms with Crippen LogP contribution in [-0.2, 0) is 0 Å². The Morgan fingerprint density at radius 1 is 0.620 bits per heavy atom. The summed E-state index contributed by atoms with van der Waals surface area (Å²) in [5.41, 5.74) is 15.0. The summed E-state index contributed by atoms with van der Waals surface area (Å²) in [6.07, 6.45) is 0. The second-order valence-corrected chi connectivity index (χ2v) is 15.1. The fourth-order valence-corrected chi connectivity index (χ4v) is 8.89. The molecule has 7 heteroatoms. The van der Waals surface area contributed by atoms with Crippen LogP contribution in [0.5, 0.6) is 0 Å². The van der Waals surface area contributed by atoms with E-state index in [0.717, 1.165) is 59.2 Å². The van der Waals surface area contributed by atoms with Crippen molar-refractivity contribution in [2.24, 2.45) is 0 Å². The molecule has 0 bridgehead atoms. The van der Waals surface area contributed by atoms with Crippen molar-refractivity contribution in [1.82, 2.24) is 19.5 Å². The number of rotatable bonds is 5. The van der Waals surface area contributed by atoms with E-state index in [4.69, 9.17) is 14.4 Å². The molecular weight excluding hydrogens is 746 g/mol. The molecule has 1 atom stereocenters. The summed E-state index contributed by atoms with van der Waals surface area (Å²) in [6, 6.07) is 41.3. The maximum absolute atomic E-state index is 6.27. The SMILES string of the molecule is C=Ic1nc(P)nc(-c2cc(-c3ccc4c(c3)oc3ccccc34)ccc2-n2c3ccccc3c3cc(-c4c(C)cc(C)cc4C)ccc32)n1. The van der Waals surface area contributed by atoms with Crippen LogP contribution in [0.25, 0.3) is 83.1 Å². The Kier molecular flexibility index (Phi) is 7.48. The molecule has 0 amide bonds. The predicted molar refractivity (Wildman–Crippen MR) is 221 cm³/mol. The van der Waals surface area contributed by atoms with Gasteiger partial charge in [0.15, 0.2) is 9.66 Å². The summed E-state index contributed by atoms with van der Waals surface area (Å²) in [7, 11) is 2.66. The average Bonchev–Trinajstić information content (AvgIpc) is 3.65. The number of furan rings is 1. The summed E-state index contributed by atoms with van der Waals surface area (Å²) >= 11 is -0.592. The van der Waals surface area contributed by atoms with Gasteiger partial charge in [0, 0.05) is 27.1 Å². The fourth-order valence-electron chi connectivity index (χ4n) is 7.56. The van der Waals surface area contributed by atoms with E-state index in [9.17, 15) is 0 Å². The molecule has 50 heavy (non-hydrogen) atoms. The molecule has 242 valence electrons. The molecule has 0 spiro atoms. The molecule has 0 N–H and O–H groups in total. The Bertz CT molecular complexity index is 2830. The third-order valence-corrected chi connectivity index (χ3v) is 11.0. The van der Waals surface area contributed by atoms with E-state index in [1.54, 1.807) is 0 Å². The lowest BCUT2D eigenvalue weighted by atomic mass is 9.93. The van der Waals surface area contributed by atoms with E-state index in [-0.39, 0.29) is 0 Å². The first-order valence-corrected chi connectivity index (χ1v) is 19.6. The first-order chi connectivity index (χ1) is 24.4. The van der Waals surface area contributed by atoms with Crippen molar-refractivity contribution in [2.45, 2.75) is 20.8 Å². The van der Waals surface area contributed by atoms with Crippen LogP contribution >= 0.6 is 30.0 Å². The van der Waals surface area contributed by atoms with Gasteiger partial charge in [0.25, 0.3) is 0 Å². The van der Waals surface area contributed by atoms with Crippen molar-refractivity contribution in [3.05, 3.63) is 136 Å². The number of benzene rings is 6. The molecule has 0 aliphatic heterocycles. The third-order valence-electron chi connectivity index (χ3n) is 9.57. The summed E-state index contributed by atoms with van der Waals surface area (Å²) in [4.78, 5) is 14.4. The van der Waals surface area contributed by atoms with Crippen LogP contribution in [0.1, 0.15) is 16.7 Å². The van der Waals surface area contributed by atoms with Crippen LogP contribution in [0, 0.1) is 24.6 Å². The van der Waals surface area contributed by atoms with E-state index in [2.05, 4.69) is 141 Å². The van der Waals surface area contributed by atoms with Crippen molar-refractivity contribution in [1.29, 1.82) is 0 Å². The van der Waals surface area contributed by atoms with Crippen LogP contribution in [-0.4, -0.2) is 24.0 Å². The molecular formula is C43H32IN4OP. The van der Waals surface area contributed by atoms with Gasteiger partial charge in [0.05, 0.1) is 16.7 Å². The quantitative estimate of drug-likeness (QED) is 0.129. The summed E-state index contributed by atoms with van der Waals surface area (Å²) in [5.74, 6) is 0.637. The largest absolute Gasteiger partial charge is 0.456 e. The average molecular weight is 779 g/mol. The highest BCUT2D eigenvalue weighted by Gasteiger charge is 2.20. The molecule has 6 aromatic carbocycles. The van der Waals surface area contributed by atoms with E-state index >= 15 is 0 Å². The van der Waals surface area contributed by atoms with Gasteiger partial charge in [-0.1, -0.05) is 107 Å². The number of hydrogen-bond acceptors (Lipinski definition) is 4. The van der Waals surface area contributed by atoms with E-state index < -0.39 is 20.7 Å². The Hall–Kier alpha value is -5.04. The van der Waals surface area contributed by atoms with Crippen molar-refractivity contribution >= 4 is 83.8 Å². The van der Waals surface area contributed by atoms with Gasteiger partial charge in [-0.15, -0.1) is 0 Å². The van der Waals surface area contributed by atoms with Crippen LogP contribution in [0.3, 0.4) is 0 Å². The van der Waals surface area contributed by atoms with Crippen molar-refractivity contribution in [3.63, 3.8) is 0 Å². The number of nitrogens with zero attached hydrogens (tertiary/aromatic N) is 4. The van der Waals surface area contributed by atoms with Crippen LogP contribution in [0.4, 0.5) is 0 Å². The van der Waals surface area contributed by atoms with Crippen molar-refractivity contribution < 1.29 is 4.42 Å². The minimum absolute atomic E-state index is 0.592. The zero-order valence-corrected chi connectivity index (χ0v) is 31.1. The maximum atomic E-state index is 6.27. The number of para-hydroxylation sites is 2. The van der Waals surface area contributed by atoms with Gasteiger partial charge in [-0.2, -0.15) is 0 Å². The molecule has 0 radical (unpaired) electrons. The fraction of sp³-hybridized carbons (Fsp3) is 0.0698. The van der Waals surface area contributed by atoms with Gasteiger partial charge in [0.2, 0.25) is 0 Å². The second-order valence-electron chi connectivity index (χ2n) is 12.8. The predicted octanol–water partition coefficient (Wildman–Crippen LogP) is 10.9. The van der Waals surface area contributed by atoms with E-state index in [1.165, 1.54) is 38.6 Å². The normalized spacial score (nSPS) is 11.8. The molecule has 9 rings (SSSR count). The van der Waals surface area contributed by atoms with Gasteiger partial charge in [-0.3, -0.25) is 0 Å². The minimum atomic E-state index is -0.592. The van der Waals surface area contributed by atoms with E-state index in [0.29, 0.717) is 11.4 Å². The second kappa shape index (κ2) is 12.1. The Labute approximate surface area is 302 Å². The summed E-state index contributed by atoms with van der Waals surface area (Å²) in [5, 5.41) is 4.63. The molecule has 0 aliphatic rings. The van der Waals surface area contributed by atoms with Gasteiger partial charge in [-0.25, -0.2) is 15.0 Å². The Morgan fingerprint density at radius 3 is 2.12 bits per heavy atom. The molecule has 0 saturated carbocycles. The van der Waals surface area contributed by atoms with E-state index in [1.807, 2.05) is 18.2 Å². The van der Waals surface area contributed by atoms with Crippen molar-refractivity contribution in [2.75, 3.05) is 0 Å². The molecule has 0 saturated heterocycles. The number of fused-ring (bicyclic) bond motifs is 6. The van der Waals surface area contributed by atoms with Crippen LogP contribution in [0.15, 0.2) is 120 Å². The lowest BCUT2D eigenvalue weighted by Crippen LogP contribution is -2.11. The summed E-state index contributed by atoms with van der Waals surface area (Å²) in [6.45, 7) is 6.58. The van der Waals surface area contributed by atoms with Gasteiger partial charge < -0.3 is 8.98 Å². The Balaban J connectivity index is 1.29. The Morgan fingerprint density at radius 2 is 1.30 bits per heavy atom. The molecule has 0 fully saturated rings. The van der Waals surface area contributed by atoms with Crippen molar-refractivity contribution in [3.8, 4) is 39.3 Å². The molecule has 5 nitrogen and oxygen atoms in total. The highest BCUT2D eigenvalue weighted by Crippen LogP contribution is 2.40. The maximum Gasteiger partial charge on any atom is 0.188 e. The molecule has 3 heterocycles. The lowest BCUT2D eigenvalue weighted by molar-refractivity contribution is 0.669. The number of aromatic nitrogens is 4. The number of aryl methyl sites for hydroxylation is 3. The third kappa shape index (κ3) is 5.09. The summed E-state index contributed by atoms with van der Waals surface area (Å²) < 4.78 is 13.6. The first-order valence-electron chi connectivity index (χ1n) is 16.4. The highest BCUT2D eigenvalue weighted by atomic mass is 127. The molecule has 9 aromatic rings. The zero-order valence-electron chi connectivity index (χ0n) is 27.8. The number of halogens is 1.